The lowest BCUT2D eigenvalue weighted by atomic mass is 9.98. The van der Waals surface area contributed by atoms with E-state index in [-0.39, 0.29) is 11.5 Å². The minimum atomic E-state index is -3.37. The van der Waals surface area contributed by atoms with Gasteiger partial charge in [-0.2, -0.15) is 22.1 Å². The molecule has 2 aromatic rings. The fraction of sp³-hybridized carbons (Fsp3) is 0.474. The van der Waals surface area contributed by atoms with Gasteiger partial charge in [-0.1, -0.05) is 30.3 Å². The summed E-state index contributed by atoms with van der Waals surface area (Å²) in [5.41, 5.74) is 2.53. The zero-order chi connectivity index (χ0) is 19.6. The SMILES string of the molecule is Cc1cc(=O)n(CC2CCN(S(=O)(=O)N(C)C)CC2)nc1-c1ccccc1. The molecule has 1 aromatic heterocycles. The van der Waals surface area contributed by atoms with Gasteiger partial charge in [-0.25, -0.2) is 4.68 Å². The van der Waals surface area contributed by atoms with Crippen molar-refractivity contribution in [1.82, 2.24) is 18.4 Å². The molecule has 146 valence electrons. The van der Waals surface area contributed by atoms with E-state index in [0.29, 0.717) is 19.6 Å². The Labute approximate surface area is 160 Å². The summed E-state index contributed by atoms with van der Waals surface area (Å²) >= 11 is 0. The molecule has 0 radical (unpaired) electrons. The molecule has 0 atom stereocenters. The van der Waals surface area contributed by atoms with Crippen LogP contribution in [0.5, 0.6) is 0 Å². The molecule has 0 N–H and O–H groups in total. The molecule has 1 saturated heterocycles. The first-order valence-corrected chi connectivity index (χ1v) is 10.5. The first-order chi connectivity index (χ1) is 12.8. The fourth-order valence-corrected chi connectivity index (χ4v) is 4.52. The molecule has 1 aromatic carbocycles. The predicted molar refractivity (Wildman–Crippen MR) is 106 cm³/mol. The summed E-state index contributed by atoms with van der Waals surface area (Å²) in [4.78, 5) is 12.4. The van der Waals surface area contributed by atoms with Gasteiger partial charge in [-0.05, 0) is 31.2 Å². The van der Waals surface area contributed by atoms with Gasteiger partial charge in [-0.3, -0.25) is 4.79 Å². The lowest BCUT2D eigenvalue weighted by Gasteiger charge is -2.32. The van der Waals surface area contributed by atoms with E-state index in [2.05, 4.69) is 5.10 Å². The van der Waals surface area contributed by atoms with Gasteiger partial charge in [0.15, 0.2) is 0 Å². The minimum absolute atomic E-state index is 0.115. The maximum absolute atomic E-state index is 12.4. The normalized spacial score (nSPS) is 16.7. The van der Waals surface area contributed by atoms with E-state index in [1.165, 1.54) is 13.3 Å². The van der Waals surface area contributed by atoms with Gasteiger partial charge in [-0.15, -0.1) is 0 Å². The van der Waals surface area contributed by atoms with E-state index in [9.17, 15) is 13.2 Å². The van der Waals surface area contributed by atoms with Crippen LogP contribution < -0.4 is 5.56 Å². The van der Waals surface area contributed by atoms with E-state index in [0.717, 1.165) is 29.7 Å². The van der Waals surface area contributed by atoms with Crippen LogP contribution in [0.15, 0.2) is 41.2 Å². The van der Waals surface area contributed by atoms with E-state index in [1.807, 2.05) is 37.3 Å². The molecule has 1 aliphatic heterocycles. The van der Waals surface area contributed by atoms with Gasteiger partial charge in [0.25, 0.3) is 15.8 Å². The Morgan fingerprint density at radius 1 is 1.15 bits per heavy atom. The van der Waals surface area contributed by atoms with Crippen LogP contribution in [-0.4, -0.2) is 54.0 Å². The summed E-state index contributed by atoms with van der Waals surface area (Å²) in [6.07, 6.45) is 1.44. The van der Waals surface area contributed by atoms with Crippen LogP contribution in [0.4, 0.5) is 0 Å². The van der Waals surface area contributed by atoms with Crippen LogP contribution in [0.3, 0.4) is 0 Å². The molecule has 8 heteroatoms. The first-order valence-electron chi connectivity index (χ1n) is 9.11. The highest BCUT2D eigenvalue weighted by Crippen LogP contribution is 2.23. The number of rotatable bonds is 5. The Balaban J connectivity index is 1.75. The molecule has 2 heterocycles. The van der Waals surface area contributed by atoms with Gasteiger partial charge in [0.05, 0.1) is 5.69 Å². The number of aryl methyl sites for hydroxylation is 1. The summed E-state index contributed by atoms with van der Waals surface area (Å²) < 4.78 is 28.7. The van der Waals surface area contributed by atoms with E-state index < -0.39 is 10.2 Å². The second-order valence-corrected chi connectivity index (χ2v) is 9.34. The van der Waals surface area contributed by atoms with Crippen molar-refractivity contribution in [1.29, 1.82) is 0 Å². The van der Waals surface area contributed by atoms with Crippen LogP contribution in [0.1, 0.15) is 18.4 Å². The van der Waals surface area contributed by atoms with Gasteiger partial charge in [0.1, 0.15) is 0 Å². The molecule has 0 amide bonds. The highest BCUT2D eigenvalue weighted by Gasteiger charge is 2.29. The third kappa shape index (κ3) is 4.28. The Hall–Kier alpha value is -2.03. The number of hydrogen-bond acceptors (Lipinski definition) is 4. The highest BCUT2D eigenvalue weighted by molar-refractivity contribution is 7.86. The Morgan fingerprint density at radius 2 is 1.78 bits per heavy atom. The topological polar surface area (TPSA) is 75.5 Å². The van der Waals surface area contributed by atoms with Crippen LogP contribution >= 0.6 is 0 Å². The molecular formula is C19H26N4O3S. The number of nitrogens with zero attached hydrogens (tertiary/aromatic N) is 4. The number of aromatic nitrogens is 2. The Morgan fingerprint density at radius 3 is 2.37 bits per heavy atom. The fourth-order valence-electron chi connectivity index (χ4n) is 3.39. The third-order valence-corrected chi connectivity index (χ3v) is 6.97. The number of piperidine rings is 1. The van der Waals surface area contributed by atoms with Crippen LogP contribution in [0, 0.1) is 12.8 Å². The van der Waals surface area contributed by atoms with Crippen molar-refractivity contribution >= 4 is 10.2 Å². The first kappa shape index (κ1) is 19.7. The molecule has 0 saturated carbocycles. The maximum Gasteiger partial charge on any atom is 0.281 e. The zero-order valence-electron chi connectivity index (χ0n) is 16.0. The quantitative estimate of drug-likeness (QED) is 0.779. The molecule has 1 fully saturated rings. The molecular weight excluding hydrogens is 364 g/mol. The summed E-state index contributed by atoms with van der Waals surface area (Å²) in [6.45, 7) is 3.34. The lowest BCUT2D eigenvalue weighted by Crippen LogP contribution is -2.45. The average molecular weight is 391 g/mol. The molecule has 27 heavy (non-hydrogen) atoms. The van der Waals surface area contributed by atoms with Gasteiger partial charge in [0, 0.05) is 45.4 Å². The summed E-state index contributed by atoms with van der Waals surface area (Å²) in [5.74, 6) is 0.232. The number of benzene rings is 1. The van der Waals surface area contributed by atoms with Crippen molar-refractivity contribution < 1.29 is 8.42 Å². The van der Waals surface area contributed by atoms with Crippen molar-refractivity contribution in [3.05, 3.63) is 52.3 Å². The number of hydrogen-bond donors (Lipinski definition) is 0. The molecule has 7 nitrogen and oxygen atoms in total. The Kier molecular flexibility index (Phi) is 5.78. The zero-order valence-corrected chi connectivity index (χ0v) is 16.8. The van der Waals surface area contributed by atoms with Gasteiger partial charge >= 0.3 is 0 Å². The maximum atomic E-state index is 12.4. The molecule has 1 aliphatic rings. The van der Waals surface area contributed by atoms with Crippen LogP contribution in [-0.2, 0) is 16.8 Å². The highest BCUT2D eigenvalue weighted by atomic mass is 32.2. The summed E-state index contributed by atoms with van der Waals surface area (Å²) in [6, 6.07) is 11.4. The van der Waals surface area contributed by atoms with Crippen molar-refractivity contribution in [3.63, 3.8) is 0 Å². The van der Waals surface area contributed by atoms with E-state index in [4.69, 9.17) is 0 Å². The minimum Gasteiger partial charge on any atom is -0.268 e. The molecule has 0 aliphatic carbocycles. The lowest BCUT2D eigenvalue weighted by molar-refractivity contribution is 0.237. The summed E-state index contributed by atoms with van der Waals surface area (Å²) in [7, 11) is -0.282. The predicted octanol–water partition coefficient (Wildman–Crippen LogP) is 1.74. The molecule has 3 rings (SSSR count). The van der Waals surface area contributed by atoms with Crippen LogP contribution in [0.25, 0.3) is 11.3 Å². The second-order valence-electron chi connectivity index (χ2n) is 7.19. The molecule has 0 spiro atoms. The molecule has 0 unspecified atom stereocenters. The van der Waals surface area contributed by atoms with E-state index >= 15 is 0 Å². The largest absolute Gasteiger partial charge is 0.281 e. The van der Waals surface area contributed by atoms with E-state index in [1.54, 1.807) is 20.2 Å². The van der Waals surface area contributed by atoms with Crippen molar-refractivity contribution in [2.24, 2.45) is 5.92 Å². The smallest absolute Gasteiger partial charge is 0.268 e. The Bertz CT molecular complexity index is 947. The average Bonchev–Trinajstić information content (AvgIpc) is 2.65. The monoisotopic (exact) mass is 390 g/mol. The van der Waals surface area contributed by atoms with Crippen molar-refractivity contribution in [2.45, 2.75) is 26.3 Å². The van der Waals surface area contributed by atoms with Gasteiger partial charge in [0.2, 0.25) is 0 Å². The van der Waals surface area contributed by atoms with Gasteiger partial charge < -0.3 is 0 Å². The standard InChI is InChI=1S/C19H26N4O3S/c1-15-13-18(24)23(20-19(15)17-7-5-4-6-8-17)14-16-9-11-22(12-10-16)27(25,26)21(2)3/h4-8,13,16H,9-12,14H2,1-3H3. The third-order valence-electron chi connectivity index (χ3n) is 5.03. The second kappa shape index (κ2) is 7.92. The van der Waals surface area contributed by atoms with Crippen molar-refractivity contribution in [3.8, 4) is 11.3 Å². The van der Waals surface area contributed by atoms with Crippen molar-refractivity contribution in [2.75, 3.05) is 27.2 Å². The van der Waals surface area contributed by atoms with Crippen LogP contribution in [0.2, 0.25) is 0 Å². The molecule has 0 bridgehead atoms. The summed E-state index contributed by atoms with van der Waals surface area (Å²) in [5, 5.41) is 4.60.